The van der Waals surface area contributed by atoms with Gasteiger partial charge in [0.05, 0.1) is 12.2 Å². The van der Waals surface area contributed by atoms with E-state index in [4.69, 9.17) is 27.1 Å². The second kappa shape index (κ2) is 12.8. The molecule has 2 atom stereocenters. The molecule has 122 valence electrons. The van der Waals surface area contributed by atoms with Crippen LogP contribution in [0.1, 0.15) is 5.56 Å². The monoisotopic (exact) mass is 326 g/mol. The molecule has 1 rings (SSSR count). The van der Waals surface area contributed by atoms with Crippen molar-refractivity contribution >= 4 is 16.2 Å². The molecule has 7 heteroatoms. The minimum Gasteiger partial charge on any atom is -0.388 e. The van der Waals surface area contributed by atoms with Crippen LogP contribution in [0.15, 0.2) is 41.6 Å². The summed E-state index contributed by atoms with van der Waals surface area (Å²) in [6.07, 6.45) is -0.188. The Kier molecular flexibility index (Phi) is 12.3. The number of methoxy groups -OCH3 is 3. The van der Waals surface area contributed by atoms with Crippen molar-refractivity contribution in [3.05, 3.63) is 47.2 Å². The third-order valence-electron chi connectivity index (χ3n) is 2.77. The topological polar surface area (TPSA) is 68.2 Å². The van der Waals surface area contributed by atoms with Crippen LogP contribution in [0, 0.1) is 0 Å². The molecule has 0 saturated heterocycles. The highest BCUT2D eigenvalue weighted by molar-refractivity contribution is 7.48. The molecular weight excluding hydrogens is 302 g/mol. The summed E-state index contributed by atoms with van der Waals surface area (Å²) < 4.78 is 15.0. The molecule has 22 heavy (non-hydrogen) atoms. The van der Waals surface area contributed by atoms with Gasteiger partial charge in [-0.05, 0) is 11.4 Å². The Balaban J connectivity index is 0.00000135. The zero-order valence-electron chi connectivity index (χ0n) is 13.5. The zero-order chi connectivity index (χ0) is 17.0. The maximum atomic E-state index is 8.98. The van der Waals surface area contributed by atoms with E-state index in [1.807, 2.05) is 30.3 Å². The highest BCUT2D eigenvalue weighted by atomic mass is 31.2. The van der Waals surface area contributed by atoms with Crippen LogP contribution in [0.2, 0.25) is 0 Å². The quantitative estimate of drug-likeness (QED) is 0.591. The Morgan fingerprint density at radius 3 is 2.09 bits per heavy atom. The molecule has 2 N–H and O–H groups in total. The molecule has 0 saturated carbocycles. The van der Waals surface area contributed by atoms with Crippen LogP contribution >= 0.6 is 8.38 Å². The predicted molar refractivity (Wildman–Crippen MR) is 89.9 cm³/mol. The smallest absolute Gasteiger partial charge is 0.190 e. The molecule has 0 aliphatic carbocycles. The molecule has 0 bridgehead atoms. The summed E-state index contributed by atoms with van der Waals surface area (Å²) in [6, 6.07) is 9.82. The summed E-state index contributed by atoms with van der Waals surface area (Å²) in [5.41, 5.74) is 1.36. The minimum atomic E-state index is -2.19. The summed E-state index contributed by atoms with van der Waals surface area (Å²) in [4.78, 5) is 18.0. The lowest BCUT2D eigenvalue weighted by Gasteiger charge is -2.26. The van der Waals surface area contributed by atoms with Crippen LogP contribution in [-0.4, -0.2) is 58.3 Å². The molecule has 0 aliphatic heterocycles. The van der Waals surface area contributed by atoms with Gasteiger partial charge in [0, 0.05) is 34.9 Å². The molecule has 2 radical (unpaired) electrons. The Bertz CT molecular complexity index is 414. The normalized spacial score (nSPS) is 14.2. The van der Waals surface area contributed by atoms with Crippen molar-refractivity contribution in [2.75, 3.05) is 28.4 Å². The summed E-state index contributed by atoms with van der Waals surface area (Å²) in [5.74, 6) is 1.19. The molecule has 0 fully saturated rings. The van der Waals surface area contributed by atoms with Crippen molar-refractivity contribution < 1.29 is 24.0 Å². The number of hydrogen-bond acceptors (Lipinski definition) is 5. The van der Waals surface area contributed by atoms with Gasteiger partial charge in [0.1, 0.15) is 7.85 Å². The highest BCUT2D eigenvalue weighted by Crippen LogP contribution is 2.28. The van der Waals surface area contributed by atoms with Gasteiger partial charge >= 0.3 is 0 Å². The molecule has 0 aliphatic rings. The third kappa shape index (κ3) is 8.64. The Labute approximate surface area is 135 Å². The van der Waals surface area contributed by atoms with Crippen LogP contribution in [0.5, 0.6) is 0 Å². The molecule has 1 aromatic rings. The van der Waals surface area contributed by atoms with Crippen LogP contribution in [0.3, 0.4) is 0 Å². The van der Waals surface area contributed by atoms with E-state index in [0.717, 1.165) is 5.56 Å². The number of benzene rings is 1. The first-order valence-corrected chi connectivity index (χ1v) is 7.95. The molecule has 1 aromatic carbocycles. The minimum absolute atomic E-state index is 0.265. The fourth-order valence-corrected chi connectivity index (χ4v) is 2.28. The fraction of sp³-hybridized carbons (Fsp3) is 0.467. The van der Waals surface area contributed by atoms with Crippen molar-refractivity contribution in [2.45, 2.75) is 18.6 Å². The molecule has 1 unspecified atom stereocenters. The van der Waals surface area contributed by atoms with E-state index < -0.39 is 14.5 Å². The predicted octanol–water partition coefficient (Wildman–Crippen LogP) is 1.83. The summed E-state index contributed by atoms with van der Waals surface area (Å²) in [6.45, 7) is 0. The molecule has 0 amide bonds. The van der Waals surface area contributed by atoms with E-state index in [-0.39, 0.29) is 11.6 Å². The lowest BCUT2D eigenvalue weighted by atomic mass is 9.87. The average molecular weight is 326 g/mol. The molecular formula is C15H24BO5P. The first-order chi connectivity index (χ1) is 10.5. The summed E-state index contributed by atoms with van der Waals surface area (Å²) in [5, 5.41) is 0. The van der Waals surface area contributed by atoms with Crippen molar-refractivity contribution in [1.82, 2.24) is 0 Å². The number of ether oxygens (including phenoxy) is 3. The maximum Gasteiger partial charge on any atom is 0.190 e. The van der Waals surface area contributed by atoms with Gasteiger partial charge in [0.25, 0.3) is 0 Å². The maximum absolute atomic E-state index is 8.98. The average Bonchev–Trinajstić information content (AvgIpc) is 2.48. The highest BCUT2D eigenvalue weighted by Gasteiger charge is 2.23. The molecule has 5 nitrogen and oxygen atoms in total. The second-order valence-corrected chi connectivity index (χ2v) is 5.38. The Morgan fingerprint density at radius 2 is 1.68 bits per heavy atom. The lowest BCUT2D eigenvalue weighted by molar-refractivity contribution is -0.0129. The van der Waals surface area contributed by atoms with E-state index in [1.54, 1.807) is 21.3 Å². The van der Waals surface area contributed by atoms with Crippen molar-refractivity contribution in [2.24, 2.45) is 0 Å². The van der Waals surface area contributed by atoms with Gasteiger partial charge in [0.2, 0.25) is 0 Å². The summed E-state index contributed by atoms with van der Waals surface area (Å²) in [7, 11) is 9.96. The van der Waals surface area contributed by atoms with Gasteiger partial charge in [0.15, 0.2) is 8.38 Å². The number of hydrogen-bond donors (Lipinski definition) is 2. The van der Waals surface area contributed by atoms with Gasteiger partial charge in [-0.3, -0.25) is 0 Å². The molecule has 0 aromatic heterocycles. The van der Waals surface area contributed by atoms with Crippen LogP contribution in [-0.2, 0) is 20.6 Å². The molecule has 0 heterocycles. The zero-order valence-corrected chi connectivity index (χ0v) is 14.4. The van der Waals surface area contributed by atoms with E-state index in [9.17, 15) is 0 Å². The Hall–Kier alpha value is -0.745. The van der Waals surface area contributed by atoms with E-state index in [1.165, 1.54) is 12.9 Å². The van der Waals surface area contributed by atoms with Crippen LogP contribution < -0.4 is 0 Å². The third-order valence-corrected chi connectivity index (χ3v) is 3.30. The van der Waals surface area contributed by atoms with Crippen LogP contribution in [0.4, 0.5) is 0 Å². The SMILES string of the molecule is COC.[B]/C(=C\P(O)O)C(OC)[C@H](Cc1ccccc1)OC. The fourth-order valence-electron chi connectivity index (χ4n) is 1.87. The number of rotatable bonds is 7. The van der Waals surface area contributed by atoms with Gasteiger partial charge in [-0.25, -0.2) is 0 Å². The van der Waals surface area contributed by atoms with E-state index in [0.29, 0.717) is 6.42 Å². The van der Waals surface area contributed by atoms with Crippen molar-refractivity contribution in [3.8, 4) is 0 Å². The first-order valence-electron chi connectivity index (χ1n) is 6.63. The lowest BCUT2D eigenvalue weighted by Crippen LogP contribution is -2.33. The van der Waals surface area contributed by atoms with Crippen molar-refractivity contribution in [1.29, 1.82) is 0 Å². The Morgan fingerprint density at radius 1 is 1.14 bits per heavy atom. The van der Waals surface area contributed by atoms with Crippen LogP contribution in [0.25, 0.3) is 0 Å². The van der Waals surface area contributed by atoms with Gasteiger partial charge in [-0.2, -0.15) is 0 Å². The van der Waals surface area contributed by atoms with Gasteiger partial charge < -0.3 is 24.0 Å². The second-order valence-electron chi connectivity index (χ2n) is 4.48. The molecule has 0 spiro atoms. The van der Waals surface area contributed by atoms with E-state index >= 15 is 0 Å². The van der Waals surface area contributed by atoms with Gasteiger partial charge in [-0.1, -0.05) is 35.8 Å². The van der Waals surface area contributed by atoms with Gasteiger partial charge in [-0.15, -0.1) is 0 Å². The van der Waals surface area contributed by atoms with E-state index in [2.05, 4.69) is 4.74 Å². The van der Waals surface area contributed by atoms with Crippen molar-refractivity contribution in [3.63, 3.8) is 0 Å². The summed E-state index contributed by atoms with van der Waals surface area (Å²) >= 11 is 0. The standard InChI is InChI=1S/C13H18BO4P.C2H6O/c1-17-12(8-10-6-4-3-5-7-10)13(18-2)11(14)9-19(15)16;1-3-2/h3-7,9,12-13,15-16H,8H2,1-2H3;1-2H3/b11-9-;/t12-,13?;/m0./s1. The largest absolute Gasteiger partial charge is 0.388 e. The first kappa shape index (κ1) is 21.3.